The van der Waals surface area contributed by atoms with E-state index in [0.29, 0.717) is 12.0 Å². The molecule has 2 heterocycles. The van der Waals surface area contributed by atoms with E-state index in [-0.39, 0.29) is 0 Å². The van der Waals surface area contributed by atoms with Crippen LogP contribution in [0.2, 0.25) is 0 Å². The Morgan fingerprint density at radius 1 is 1.47 bits per heavy atom. The van der Waals surface area contributed by atoms with Crippen LogP contribution < -0.4 is 4.90 Å². The van der Waals surface area contributed by atoms with E-state index in [4.69, 9.17) is 4.98 Å². The molecule has 1 aromatic heterocycles. The third kappa shape index (κ3) is 1.99. The standard InChI is InChI=1S/C13H18N2OS/c1-2-10-4-3-7-15(10)13-14-12(9-5-6-9)11(8-16)17-13/h8-10H,2-7H2,1H3. The van der Waals surface area contributed by atoms with Gasteiger partial charge in [0.05, 0.1) is 10.6 Å². The van der Waals surface area contributed by atoms with Gasteiger partial charge in [-0.15, -0.1) is 0 Å². The number of nitrogens with zero attached hydrogens (tertiary/aromatic N) is 2. The van der Waals surface area contributed by atoms with Crippen molar-refractivity contribution in [2.75, 3.05) is 11.4 Å². The zero-order valence-electron chi connectivity index (χ0n) is 10.2. The number of carbonyl (C=O) groups excluding carboxylic acids is 1. The first-order chi connectivity index (χ1) is 8.33. The normalized spacial score (nSPS) is 24.3. The van der Waals surface area contributed by atoms with Gasteiger partial charge in [-0.2, -0.15) is 0 Å². The molecule has 3 rings (SSSR count). The topological polar surface area (TPSA) is 33.2 Å². The van der Waals surface area contributed by atoms with Crippen molar-refractivity contribution < 1.29 is 4.79 Å². The maximum atomic E-state index is 11.1. The Bertz CT molecular complexity index is 425. The number of carbonyl (C=O) groups is 1. The third-order valence-electron chi connectivity index (χ3n) is 3.83. The maximum Gasteiger partial charge on any atom is 0.186 e. The molecular weight excluding hydrogens is 232 g/mol. The van der Waals surface area contributed by atoms with Crippen molar-refractivity contribution in [1.29, 1.82) is 0 Å². The number of aromatic nitrogens is 1. The molecule has 1 aliphatic carbocycles. The fraction of sp³-hybridized carbons (Fsp3) is 0.692. The van der Waals surface area contributed by atoms with E-state index in [1.54, 1.807) is 11.3 Å². The zero-order chi connectivity index (χ0) is 11.8. The second-order valence-corrected chi connectivity index (χ2v) is 6.04. The number of hydrogen-bond donors (Lipinski definition) is 0. The smallest absolute Gasteiger partial charge is 0.186 e. The van der Waals surface area contributed by atoms with Gasteiger partial charge in [0.25, 0.3) is 0 Å². The van der Waals surface area contributed by atoms with Crippen LogP contribution in [0.5, 0.6) is 0 Å². The number of rotatable bonds is 4. The van der Waals surface area contributed by atoms with Gasteiger partial charge in [-0.3, -0.25) is 4.79 Å². The Labute approximate surface area is 106 Å². The summed E-state index contributed by atoms with van der Waals surface area (Å²) in [6, 6.07) is 0.632. The highest BCUT2D eigenvalue weighted by Gasteiger charge is 2.32. The van der Waals surface area contributed by atoms with E-state index < -0.39 is 0 Å². The van der Waals surface area contributed by atoms with Gasteiger partial charge >= 0.3 is 0 Å². The van der Waals surface area contributed by atoms with Crippen LogP contribution in [0.3, 0.4) is 0 Å². The summed E-state index contributed by atoms with van der Waals surface area (Å²) in [6.45, 7) is 3.34. The largest absolute Gasteiger partial charge is 0.345 e. The third-order valence-corrected chi connectivity index (χ3v) is 4.87. The first kappa shape index (κ1) is 11.2. The lowest BCUT2D eigenvalue weighted by atomic mass is 10.2. The number of hydrogen-bond acceptors (Lipinski definition) is 4. The lowest BCUT2D eigenvalue weighted by molar-refractivity contribution is 0.112. The minimum Gasteiger partial charge on any atom is -0.345 e. The lowest BCUT2D eigenvalue weighted by Gasteiger charge is -2.22. The molecule has 1 unspecified atom stereocenters. The van der Waals surface area contributed by atoms with Crippen LogP contribution in [-0.2, 0) is 0 Å². The fourth-order valence-corrected chi connectivity index (χ4v) is 3.76. The summed E-state index contributed by atoms with van der Waals surface area (Å²) in [5, 5.41) is 1.08. The first-order valence-corrected chi connectivity index (χ1v) is 7.37. The Morgan fingerprint density at radius 3 is 2.94 bits per heavy atom. The molecule has 17 heavy (non-hydrogen) atoms. The molecule has 0 bridgehead atoms. The quantitative estimate of drug-likeness (QED) is 0.769. The average Bonchev–Trinajstić information content (AvgIpc) is 2.95. The molecule has 1 saturated heterocycles. The summed E-state index contributed by atoms with van der Waals surface area (Å²) in [6.07, 6.45) is 7.11. The predicted octanol–water partition coefficient (Wildman–Crippen LogP) is 3.21. The molecule has 0 N–H and O–H groups in total. The van der Waals surface area contributed by atoms with Crippen LogP contribution in [-0.4, -0.2) is 23.9 Å². The Balaban J connectivity index is 1.89. The number of anilines is 1. The van der Waals surface area contributed by atoms with Gasteiger partial charge in [0.1, 0.15) is 0 Å². The second kappa shape index (κ2) is 4.41. The second-order valence-electron chi connectivity index (χ2n) is 5.04. The molecule has 1 saturated carbocycles. The van der Waals surface area contributed by atoms with E-state index in [1.807, 2.05) is 0 Å². The molecule has 0 spiro atoms. The average molecular weight is 250 g/mol. The van der Waals surface area contributed by atoms with Crippen molar-refractivity contribution in [1.82, 2.24) is 4.98 Å². The molecule has 0 radical (unpaired) electrons. The fourth-order valence-electron chi connectivity index (χ4n) is 2.70. The van der Waals surface area contributed by atoms with Crippen LogP contribution in [0.1, 0.15) is 60.3 Å². The van der Waals surface area contributed by atoms with Crippen LogP contribution in [0.25, 0.3) is 0 Å². The van der Waals surface area contributed by atoms with Crippen LogP contribution in [0.4, 0.5) is 5.13 Å². The molecule has 1 atom stereocenters. The zero-order valence-corrected chi connectivity index (χ0v) is 11.0. The molecule has 4 heteroatoms. The number of aldehydes is 1. The molecule has 3 nitrogen and oxygen atoms in total. The van der Waals surface area contributed by atoms with E-state index in [1.165, 1.54) is 32.1 Å². The summed E-state index contributed by atoms with van der Waals surface area (Å²) >= 11 is 1.59. The lowest BCUT2D eigenvalue weighted by Crippen LogP contribution is -2.28. The van der Waals surface area contributed by atoms with Gasteiger partial charge in [0, 0.05) is 18.5 Å². The van der Waals surface area contributed by atoms with Crippen LogP contribution in [0, 0.1) is 0 Å². The summed E-state index contributed by atoms with van der Waals surface area (Å²) in [4.78, 5) is 19.1. The first-order valence-electron chi connectivity index (χ1n) is 6.56. The van der Waals surface area contributed by atoms with E-state index in [9.17, 15) is 4.79 Å². The Morgan fingerprint density at radius 2 is 2.29 bits per heavy atom. The van der Waals surface area contributed by atoms with Crippen molar-refractivity contribution in [3.8, 4) is 0 Å². The van der Waals surface area contributed by atoms with Crippen molar-refractivity contribution in [2.45, 2.75) is 51.0 Å². The van der Waals surface area contributed by atoms with Crippen molar-refractivity contribution in [3.63, 3.8) is 0 Å². The molecule has 1 aromatic rings. The summed E-state index contributed by atoms with van der Waals surface area (Å²) in [5.41, 5.74) is 1.07. The molecule has 0 amide bonds. The highest BCUT2D eigenvalue weighted by Crippen LogP contribution is 2.44. The van der Waals surface area contributed by atoms with E-state index >= 15 is 0 Å². The van der Waals surface area contributed by atoms with Gasteiger partial charge in [-0.1, -0.05) is 18.3 Å². The highest BCUT2D eigenvalue weighted by molar-refractivity contribution is 7.17. The highest BCUT2D eigenvalue weighted by atomic mass is 32.1. The van der Waals surface area contributed by atoms with E-state index in [2.05, 4.69) is 11.8 Å². The van der Waals surface area contributed by atoms with Gasteiger partial charge in [0.2, 0.25) is 0 Å². The molecular formula is C13H18N2OS. The Kier molecular flexibility index (Phi) is 2.90. The van der Waals surface area contributed by atoms with Crippen molar-refractivity contribution in [3.05, 3.63) is 10.6 Å². The number of thiazole rings is 1. The molecule has 0 aromatic carbocycles. The summed E-state index contributed by atoms with van der Waals surface area (Å²) in [7, 11) is 0. The summed E-state index contributed by atoms with van der Waals surface area (Å²) in [5.74, 6) is 0.572. The molecule has 1 aliphatic heterocycles. The SMILES string of the molecule is CCC1CCCN1c1nc(C2CC2)c(C=O)s1. The minimum atomic E-state index is 0.572. The van der Waals surface area contributed by atoms with Crippen molar-refractivity contribution in [2.24, 2.45) is 0 Å². The van der Waals surface area contributed by atoms with Gasteiger partial charge in [-0.25, -0.2) is 4.98 Å². The van der Waals surface area contributed by atoms with Crippen LogP contribution >= 0.6 is 11.3 Å². The summed E-state index contributed by atoms with van der Waals surface area (Å²) < 4.78 is 0. The molecule has 92 valence electrons. The molecule has 2 aliphatic rings. The van der Waals surface area contributed by atoms with Gasteiger partial charge < -0.3 is 4.90 Å². The Hall–Kier alpha value is -0.900. The van der Waals surface area contributed by atoms with E-state index in [0.717, 1.165) is 28.5 Å². The van der Waals surface area contributed by atoms with Gasteiger partial charge in [-0.05, 0) is 32.1 Å². The maximum absolute atomic E-state index is 11.1. The van der Waals surface area contributed by atoms with Crippen LogP contribution in [0.15, 0.2) is 0 Å². The van der Waals surface area contributed by atoms with Crippen molar-refractivity contribution >= 4 is 22.8 Å². The minimum absolute atomic E-state index is 0.572. The van der Waals surface area contributed by atoms with Gasteiger partial charge in [0.15, 0.2) is 11.4 Å². The monoisotopic (exact) mass is 250 g/mol. The molecule has 2 fully saturated rings. The predicted molar refractivity (Wildman–Crippen MR) is 70.1 cm³/mol.